The lowest BCUT2D eigenvalue weighted by Gasteiger charge is -2.30. The van der Waals surface area contributed by atoms with Crippen LogP contribution in [0.1, 0.15) is 29.6 Å². The van der Waals surface area contributed by atoms with E-state index in [0.717, 1.165) is 70.5 Å². The lowest BCUT2D eigenvalue weighted by Crippen LogP contribution is -2.32. The number of rotatable bonds is 5. The third-order valence-corrected chi connectivity index (χ3v) is 7.11. The molecule has 10 nitrogen and oxygen atoms in total. The van der Waals surface area contributed by atoms with Crippen LogP contribution in [0.25, 0.3) is 22.2 Å². The molecule has 2 aliphatic heterocycles. The number of aryl methyl sites for hydroxylation is 2. The lowest BCUT2D eigenvalue weighted by molar-refractivity contribution is 0.169. The topological polar surface area (TPSA) is 108 Å². The molecule has 1 amide bonds. The summed E-state index contributed by atoms with van der Waals surface area (Å²) >= 11 is 0. The number of nitrogens with one attached hydrogen (secondary N) is 1. The summed E-state index contributed by atoms with van der Waals surface area (Å²) in [5.74, 6) is 2.74. The van der Waals surface area contributed by atoms with Crippen LogP contribution in [0.15, 0.2) is 41.1 Å². The first-order valence-corrected chi connectivity index (χ1v) is 12.1. The van der Waals surface area contributed by atoms with E-state index in [4.69, 9.17) is 19.0 Å². The summed E-state index contributed by atoms with van der Waals surface area (Å²) in [6.07, 6.45) is 2.36. The first kappa shape index (κ1) is 22.4. The van der Waals surface area contributed by atoms with Gasteiger partial charge in [-0.15, -0.1) is 0 Å². The van der Waals surface area contributed by atoms with Gasteiger partial charge in [0.05, 0.1) is 29.6 Å². The van der Waals surface area contributed by atoms with E-state index < -0.39 is 6.09 Å². The molecule has 0 saturated carbocycles. The molecule has 0 unspecified atom stereocenters. The number of hydrogen-bond acceptors (Lipinski definition) is 8. The highest BCUT2D eigenvalue weighted by molar-refractivity contribution is 5.94. The zero-order valence-electron chi connectivity index (χ0n) is 20.5. The minimum absolute atomic E-state index is 0.120. The van der Waals surface area contributed by atoms with E-state index in [0.29, 0.717) is 19.1 Å². The van der Waals surface area contributed by atoms with Crippen LogP contribution in [0.3, 0.4) is 0 Å². The Balaban J connectivity index is 1.46. The minimum Gasteiger partial charge on any atom is -0.488 e. The van der Waals surface area contributed by atoms with E-state index in [2.05, 4.69) is 24.9 Å². The van der Waals surface area contributed by atoms with Crippen molar-refractivity contribution in [1.82, 2.24) is 25.0 Å². The predicted molar refractivity (Wildman–Crippen MR) is 133 cm³/mol. The quantitative estimate of drug-likeness (QED) is 0.451. The maximum atomic E-state index is 11.6. The molecule has 6 rings (SSSR count). The zero-order valence-corrected chi connectivity index (χ0v) is 20.5. The Hall–Kier alpha value is -4.08. The third kappa shape index (κ3) is 3.64. The van der Waals surface area contributed by atoms with E-state index in [9.17, 15) is 4.79 Å². The molecule has 2 aliphatic rings. The number of ether oxygens (including phenoxy) is 2. The normalized spacial score (nSPS) is 18.9. The van der Waals surface area contributed by atoms with E-state index >= 15 is 0 Å². The zero-order chi connectivity index (χ0) is 24.8. The molecule has 0 spiro atoms. The summed E-state index contributed by atoms with van der Waals surface area (Å²) in [5.41, 5.74) is 5.47. The standard InChI is InChI=1S/C26H28N6O4/c1-15-22(16(2)36-30-15)18-7-8-20-23-24(18)35-14-21(19-6-4-5-10-27-19)32(23)25(29-20)31-11-9-17(13-31)12-28-26(33)34-3/h4-8,10,17,21H,9,11-14H2,1-3H3,(H,28,33)/t17-,21-/m1/s1. The summed E-state index contributed by atoms with van der Waals surface area (Å²) in [6, 6.07) is 9.90. The van der Waals surface area contributed by atoms with Gasteiger partial charge in [-0.25, -0.2) is 9.78 Å². The number of nitrogens with zero attached hydrogens (tertiary/aromatic N) is 5. The number of imidazole rings is 1. The highest BCUT2D eigenvalue weighted by Gasteiger charge is 2.35. The molecule has 1 N–H and O–H groups in total. The van der Waals surface area contributed by atoms with Gasteiger partial charge >= 0.3 is 6.09 Å². The second kappa shape index (κ2) is 8.85. The number of aromatic nitrogens is 4. The first-order valence-electron chi connectivity index (χ1n) is 12.1. The van der Waals surface area contributed by atoms with Gasteiger partial charge < -0.3 is 24.2 Å². The van der Waals surface area contributed by atoms with Gasteiger partial charge in [0, 0.05) is 31.4 Å². The fourth-order valence-corrected chi connectivity index (χ4v) is 5.38. The van der Waals surface area contributed by atoms with Crippen LogP contribution in [0.4, 0.5) is 10.7 Å². The summed E-state index contributed by atoms with van der Waals surface area (Å²) < 4.78 is 18.9. The summed E-state index contributed by atoms with van der Waals surface area (Å²) in [4.78, 5) is 23.6. The molecular formula is C26H28N6O4. The van der Waals surface area contributed by atoms with Crippen molar-refractivity contribution in [2.45, 2.75) is 26.3 Å². The van der Waals surface area contributed by atoms with Gasteiger partial charge in [0.1, 0.15) is 23.9 Å². The van der Waals surface area contributed by atoms with Gasteiger partial charge in [0.2, 0.25) is 5.95 Å². The molecule has 36 heavy (non-hydrogen) atoms. The maximum absolute atomic E-state index is 11.6. The molecule has 0 radical (unpaired) electrons. The number of carbonyl (C=O) groups is 1. The number of amides is 1. The number of carbonyl (C=O) groups excluding carboxylic acids is 1. The van der Waals surface area contributed by atoms with Crippen molar-refractivity contribution in [2.75, 3.05) is 38.3 Å². The van der Waals surface area contributed by atoms with E-state index in [1.54, 1.807) is 0 Å². The predicted octanol–water partition coefficient (Wildman–Crippen LogP) is 3.87. The number of methoxy groups -OCH3 is 1. The second-order valence-electron chi connectivity index (χ2n) is 9.35. The molecule has 0 aliphatic carbocycles. The van der Waals surface area contributed by atoms with Gasteiger partial charge in [-0.05, 0) is 50.5 Å². The van der Waals surface area contributed by atoms with Crippen LogP contribution in [0, 0.1) is 19.8 Å². The monoisotopic (exact) mass is 488 g/mol. The SMILES string of the molecule is COC(=O)NC[C@H]1CCN(c2nc3ccc(-c4c(C)noc4C)c4c3n2[C@@H](c2ccccn2)CO4)C1. The largest absolute Gasteiger partial charge is 0.488 e. The van der Waals surface area contributed by atoms with Crippen molar-refractivity contribution in [3.8, 4) is 16.9 Å². The molecule has 1 saturated heterocycles. The van der Waals surface area contributed by atoms with Crippen LogP contribution in [0.5, 0.6) is 5.75 Å². The Bertz CT molecular complexity index is 1410. The Morgan fingerprint density at radius 3 is 2.89 bits per heavy atom. The molecule has 1 aromatic carbocycles. The van der Waals surface area contributed by atoms with Gasteiger partial charge in [0.25, 0.3) is 0 Å². The number of hydrogen-bond donors (Lipinski definition) is 1. The molecular weight excluding hydrogens is 460 g/mol. The van der Waals surface area contributed by atoms with Crippen LogP contribution in [-0.4, -0.2) is 59.1 Å². The molecule has 1 fully saturated rings. The van der Waals surface area contributed by atoms with Crippen molar-refractivity contribution in [3.63, 3.8) is 0 Å². The minimum atomic E-state index is -0.404. The fraction of sp³-hybridized carbons (Fsp3) is 0.385. The van der Waals surface area contributed by atoms with Crippen molar-refractivity contribution in [2.24, 2.45) is 5.92 Å². The summed E-state index contributed by atoms with van der Waals surface area (Å²) in [6.45, 7) is 6.49. The molecule has 186 valence electrons. The average molecular weight is 489 g/mol. The van der Waals surface area contributed by atoms with E-state index in [1.165, 1.54) is 7.11 Å². The van der Waals surface area contributed by atoms with Crippen LogP contribution in [0.2, 0.25) is 0 Å². The van der Waals surface area contributed by atoms with E-state index in [1.807, 2.05) is 50.4 Å². The van der Waals surface area contributed by atoms with Crippen molar-refractivity contribution < 1.29 is 18.8 Å². The smallest absolute Gasteiger partial charge is 0.406 e. The highest BCUT2D eigenvalue weighted by Crippen LogP contribution is 2.46. The van der Waals surface area contributed by atoms with E-state index in [-0.39, 0.29) is 6.04 Å². The van der Waals surface area contributed by atoms with Crippen molar-refractivity contribution in [1.29, 1.82) is 0 Å². The summed E-state index contributed by atoms with van der Waals surface area (Å²) in [7, 11) is 1.38. The average Bonchev–Trinajstić information content (AvgIpc) is 3.62. The highest BCUT2D eigenvalue weighted by atomic mass is 16.5. The molecule has 5 heterocycles. The third-order valence-electron chi connectivity index (χ3n) is 7.11. The fourth-order valence-electron chi connectivity index (χ4n) is 5.38. The molecule has 4 aromatic rings. The Morgan fingerprint density at radius 1 is 1.25 bits per heavy atom. The summed E-state index contributed by atoms with van der Waals surface area (Å²) in [5, 5.41) is 6.98. The Labute approximate surface area is 208 Å². The van der Waals surface area contributed by atoms with Crippen LogP contribution in [-0.2, 0) is 4.74 Å². The van der Waals surface area contributed by atoms with Gasteiger partial charge in [-0.1, -0.05) is 11.2 Å². The van der Waals surface area contributed by atoms with Gasteiger partial charge in [-0.3, -0.25) is 9.55 Å². The van der Waals surface area contributed by atoms with Crippen molar-refractivity contribution in [3.05, 3.63) is 53.7 Å². The molecule has 10 heteroatoms. The number of benzene rings is 1. The van der Waals surface area contributed by atoms with Gasteiger partial charge in [-0.2, -0.15) is 0 Å². The first-order chi connectivity index (χ1) is 17.5. The molecule has 3 aromatic heterocycles. The number of pyridine rings is 1. The van der Waals surface area contributed by atoms with Crippen molar-refractivity contribution >= 4 is 23.1 Å². The Morgan fingerprint density at radius 2 is 2.14 bits per heavy atom. The second-order valence-corrected chi connectivity index (χ2v) is 9.35. The molecule has 2 atom stereocenters. The lowest BCUT2D eigenvalue weighted by atomic mass is 10.0. The maximum Gasteiger partial charge on any atom is 0.406 e. The van der Waals surface area contributed by atoms with Crippen LogP contribution < -0.4 is 15.0 Å². The van der Waals surface area contributed by atoms with Gasteiger partial charge in [0.15, 0.2) is 5.75 Å². The number of anilines is 1. The Kier molecular flexibility index (Phi) is 5.50. The molecule has 0 bridgehead atoms. The number of alkyl carbamates (subject to hydrolysis) is 1. The van der Waals surface area contributed by atoms with Crippen LogP contribution >= 0.6 is 0 Å².